The lowest BCUT2D eigenvalue weighted by atomic mass is 10.1. The summed E-state index contributed by atoms with van der Waals surface area (Å²) in [5, 5.41) is 3.60. The van der Waals surface area contributed by atoms with E-state index in [1.165, 1.54) is 11.3 Å². The predicted octanol–water partition coefficient (Wildman–Crippen LogP) is 5.31. The minimum absolute atomic E-state index is 0.112. The molecule has 1 aliphatic heterocycles. The maximum absolute atomic E-state index is 12.6. The first-order valence-corrected chi connectivity index (χ1v) is 12.6. The van der Waals surface area contributed by atoms with Gasteiger partial charge in [-0.1, -0.05) is 35.9 Å². The largest absolute Gasteiger partial charge is 0.493 e. The molecule has 0 bridgehead atoms. The SMILES string of the molecule is COc1ccc(CN2CCN(c3ccc(CNC(=O)c4cccc(Cl)c4C)cc3)CC2C)cc1OC. The van der Waals surface area contributed by atoms with Crippen LogP contribution in [0, 0.1) is 6.92 Å². The molecule has 0 aromatic heterocycles. The van der Waals surface area contributed by atoms with Crippen molar-refractivity contribution in [1.29, 1.82) is 0 Å². The van der Waals surface area contributed by atoms with Gasteiger partial charge < -0.3 is 19.7 Å². The minimum atomic E-state index is -0.112. The van der Waals surface area contributed by atoms with Crippen LogP contribution in [0.25, 0.3) is 0 Å². The Bertz CT molecular complexity index is 1200. The lowest BCUT2D eigenvalue weighted by Crippen LogP contribution is -2.51. The number of benzene rings is 3. The maximum Gasteiger partial charge on any atom is 0.251 e. The summed E-state index contributed by atoms with van der Waals surface area (Å²) in [6, 6.07) is 20.4. The molecule has 4 rings (SSSR count). The Labute approximate surface area is 218 Å². The number of halogens is 1. The number of rotatable bonds is 8. The Morgan fingerprint density at radius 1 is 1.00 bits per heavy atom. The summed E-state index contributed by atoms with van der Waals surface area (Å²) >= 11 is 6.15. The van der Waals surface area contributed by atoms with Crippen LogP contribution in [0.15, 0.2) is 60.7 Å². The van der Waals surface area contributed by atoms with Crippen LogP contribution in [0.1, 0.15) is 34.0 Å². The van der Waals surface area contributed by atoms with Crippen molar-refractivity contribution in [3.8, 4) is 11.5 Å². The fourth-order valence-corrected chi connectivity index (χ4v) is 4.81. The summed E-state index contributed by atoms with van der Waals surface area (Å²) in [5.41, 5.74) is 4.89. The number of ether oxygens (including phenoxy) is 2. The maximum atomic E-state index is 12.6. The smallest absolute Gasteiger partial charge is 0.251 e. The molecular formula is C29H34ClN3O3. The number of hydrogen-bond donors (Lipinski definition) is 1. The third kappa shape index (κ3) is 5.94. The molecule has 1 amide bonds. The molecular weight excluding hydrogens is 474 g/mol. The monoisotopic (exact) mass is 507 g/mol. The zero-order chi connectivity index (χ0) is 25.7. The van der Waals surface area contributed by atoms with Gasteiger partial charge in [-0.2, -0.15) is 0 Å². The average Bonchev–Trinajstić information content (AvgIpc) is 2.90. The van der Waals surface area contributed by atoms with E-state index in [0.29, 0.717) is 23.2 Å². The molecule has 0 saturated carbocycles. The summed E-state index contributed by atoms with van der Waals surface area (Å²) in [6.45, 7) is 8.38. The summed E-state index contributed by atoms with van der Waals surface area (Å²) in [6.07, 6.45) is 0. The molecule has 0 spiro atoms. The number of carbonyl (C=O) groups is 1. The molecule has 190 valence electrons. The highest BCUT2D eigenvalue weighted by molar-refractivity contribution is 6.31. The lowest BCUT2D eigenvalue weighted by Gasteiger charge is -2.41. The Kier molecular flexibility index (Phi) is 8.39. The lowest BCUT2D eigenvalue weighted by molar-refractivity contribution is 0.0950. The van der Waals surface area contributed by atoms with Gasteiger partial charge in [0.1, 0.15) is 0 Å². The van der Waals surface area contributed by atoms with Crippen molar-refractivity contribution in [2.75, 3.05) is 38.8 Å². The Balaban J connectivity index is 1.31. The first kappa shape index (κ1) is 25.9. The van der Waals surface area contributed by atoms with Gasteiger partial charge in [0.25, 0.3) is 5.91 Å². The van der Waals surface area contributed by atoms with E-state index in [1.807, 2.05) is 13.0 Å². The average molecular weight is 508 g/mol. The van der Waals surface area contributed by atoms with Crippen molar-refractivity contribution >= 4 is 23.2 Å². The van der Waals surface area contributed by atoms with E-state index in [9.17, 15) is 4.79 Å². The van der Waals surface area contributed by atoms with Crippen molar-refractivity contribution in [3.63, 3.8) is 0 Å². The quantitative estimate of drug-likeness (QED) is 0.448. The molecule has 1 heterocycles. The van der Waals surface area contributed by atoms with Gasteiger partial charge in [-0.05, 0) is 66.9 Å². The van der Waals surface area contributed by atoms with E-state index in [1.54, 1.807) is 32.4 Å². The van der Waals surface area contributed by atoms with Crippen LogP contribution in [-0.2, 0) is 13.1 Å². The number of hydrogen-bond acceptors (Lipinski definition) is 5. The van der Waals surface area contributed by atoms with Gasteiger partial charge in [-0.3, -0.25) is 9.69 Å². The molecule has 1 fully saturated rings. The van der Waals surface area contributed by atoms with Crippen molar-refractivity contribution in [2.45, 2.75) is 33.0 Å². The second kappa shape index (κ2) is 11.7. The molecule has 0 aliphatic carbocycles. The van der Waals surface area contributed by atoms with Gasteiger partial charge in [0.2, 0.25) is 0 Å². The van der Waals surface area contributed by atoms with Crippen LogP contribution in [0.2, 0.25) is 5.02 Å². The summed E-state index contributed by atoms with van der Waals surface area (Å²) < 4.78 is 10.8. The van der Waals surface area contributed by atoms with E-state index in [0.717, 1.165) is 48.8 Å². The first-order valence-electron chi connectivity index (χ1n) is 12.2. The molecule has 7 heteroatoms. The number of methoxy groups -OCH3 is 2. The second-order valence-corrected chi connectivity index (χ2v) is 9.62. The van der Waals surface area contributed by atoms with E-state index < -0.39 is 0 Å². The van der Waals surface area contributed by atoms with Crippen LogP contribution >= 0.6 is 11.6 Å². The van der Waals surface area contributed by atoms with E-state index >= 15 is 0 Å². The van der Waals surface area contributed by atoms with E-state index in [2.05, 4.69) is 58.4 Å². The molecule has 36 heavy (non-hydrogen) atoms. The topological polar surface area (TPSA) is 54.0 Å². The van der Waals surface area contributed by atoms with Gasteiger partial charge >= 0.3 is 0 Å². The number of carbonyl (C=O) groups excluding carboxylic acids is 1. The molecule has 1 aliphatic rings. The van der Waals surface area contributed by atoms with E-state index in [-0.39, 0.29) is 5.91 Å². The van der Waals surface area contributed by atoms with Crippen LogP contribution in [0.3, 0.4) is 0 Å². The molecule has 0 radical (unpaired) electrons. The standard InChI is InChI=1S/C29H34ClN3O3/c1-20-18-33(15-14-32(20)19-23-10-13-27(35-3)28(16-23)36-4)24-11-8-22(9-12-24)17-31-29(34)25-6-5-7-26(30)21(25)2/h5-13,16,20H,14-15,17-19H2,1-4H3,(H,31,34). The number of anilines is 1. The van der Waals surface area contributed by atoms with Crippen LogP contribution in [-0.4, -0.2) is 50.7 Å². The van der Waals surface area contributed by atoms with Gasteiger partial charge in [-0.25, -0.2) is 0 Å². The molecule has 1 unspecified atom stereocenters. The number of nitrogens with one attached hydrogen (secondary N) is 1. The van der Waals surface area contributed by atoms with Crippen LogP contribution in [0.5, 0.6) is 11.5 Å². The zero-order valence-corrected chi connectivity index (χ0v) is 22.1. The van der Waals surface area contributed by atoms with Crippen LogP contribution < -0.4 is 19.7 Å². The minimum Gasteiger partial charge on any atom is -0.493 e. The Morgan fingerprint density at radius 2 is 1.72 bits per heavy atom. The van der Waals surface area contributed by atoms with Crippen LogP contribution in [0.4, 0.5) is 5.69 Å². The van der Waals surface area contributed by atoms with Crippen molar-refractivity contribution in [3.05, 3.63) is 87.9 Å². The highest BCUT2D eigenvalue weighted by Crippen LogP contribution is 2.29. The molecule has 1 atom stereocenters. The summed E-state index contributed by atoms with van der Waals surface area (Å²) in [4.78, 5) is 17.5. The molecule has 6 nitrogen and oxygen atoms in total. The second-order valence-electron chi connectivity index (χ2n) is 9.22. The third-order valence-electron chi connectivity index (χ3n) is 6.87. The van der Waals surface area contributed by atoms with Crippen molar-refractivity contribution in [2.24, 2.45) is 0 Å². The fraction of sp³-hybridized carbons (Fsp3) is 0.345. The van der Waals surface area contributed by atoms with Crippen molar-refractivity contribution < 1.29 is 14.3 Å². The molecule has 1 N–H and O–H groups in total. The number of piperazine rings is 1. The normalized spacial score (nSPS) is 16.0. The highest BCUT2D eigenvalue weighted by atomic mass is 35.5. The Hall–Kier alpha value is -3.22. The molecule has 3 aromatic carbocycles. The van der Waals surface area contributed by atoms with Gasteiger partial charge in [0, 0.05) is 55.0 Å². The van der Waals surface area contributed by atoms with Gasteiger partial charge in [0.05, 0.1) is 14.2 Å². The van der Waals surface area contributed by atoms with Crippen molar-refractivity contribution in [1.82, 2.24) is 10.2 Å². The Morgan fingerprint density at radius 3 is 2.42 bits per heavy atom. The number of amides is 1. The molecule has 3 aromatic rings. The summed E-state index contributed by atoms with van der Waals surface area (Å²) in [5.74, 6) is 1.40. The number of nitrogens with zero attached hydrogens (tertiary/aromatic N) is 2. The van der Waals surface area contributed by atoms with Gasteiger partial charge in [0.15, 0.2) is 11.5 Å². The predicted molar refractivity (Wildman–Crippen MR) is 145 cm³/mol. The summed E-state index contributed by atoms with van der Waals surface area (Å²) in [7, 11) is 3.33. The third-order valence-corrected chi connectivity index (χ3v) is 7.28. The highest BCUT2D eigenvalue weighted by Gasteiger charge is 2.24. The first-order chi connectivity index (χ1) is 17.4. The fourth-order valence-electron chi connectivity index (χ4n) is 4.63. The van der Waals surface area contributed by atoms with Gasteiger partial charge in [-0.15, -0.1) is 0 Å². The van der Waals surface area contributed by atoms with E-state index in [4.69, 9.17) is 21.1 Å². The zero-order valence-electron chi connectivity index (χ0n) is 21.4. The molecule has 1 saturated heterocycles.